The third-order valence-electron chi connectivity index (χ3n) is 2.36. The van der Waals surface area contributed by atoms with Crippen LogP contribution in [0.25, 0.3) is 0 Å². The topological polar surface area (TPSA) is 74.7 Å². The lowest BCUT2D eigenvalue weighted by Crippen LogP contribution is -2.29. The van der Waals surface area contributed by atoms with Crippen molar-refractivity contribution in [2.24, 2.45) is 0 Å². The number of hydrogen-bond acceptors (Lipinski definition) is 3. The molecule has 2 amide bonds. The van der Waals surface area contributed by atoms with Crippen molar-refractivity contribution in [2.45, 2.75) is 6.42 Å². The maximum absolute atomic E-state index is 11.4. The predicted molar refractivity (Wildman–Crippen MR) is 66.7 cm³/mol. The van der Waals surface area contributed by atoms with Crippen LogP contribution >= 0.6 is 12.4 Å². The SMILES string of the molecule is Cl.O=C(O)Cc1ccc(N2C(=O)C=CC2=O)cc1. The van der Waals surface area contributed by atoms with Crippen molar-refractivity contribution in [1.29, 1.82) is 0 Å². The van der Waals surface area contributed by atoms with E-state index >= 15 is 0 Å². The molecule has 0 fully saturated rings. The van der Waals surface area contributed by atoms with Crippen LogP contribution in [0.1, 0.15) is 5.56 Å². The van der Waals surface area contributed by atoms with Crippen LogP contribution in [-0.2, 0) is 20.8 Å². The molecular weight excluding hydrogens is 258 g/mol. The van der Waals surface area contributed by atoms with Gasteiger partial charge in [0.1, 0.15) is 0 Å². The molecular formula is C12H10ClNO4. The Morgan fingerprint density at radius 3 is 2.00 bits per heavy atom. The van der Waals surface area contributed by atoms with Crippen molar-refractivity contribution in [2.75, 3.05) is 4.90 Å². The Kier molecular flexibility index (Phi) is 4.23. The Hall–Kier alpha value is -2.14. The van der Waals surface area contributed by atoms with E-state index < -0.39 is 5.97 Å². The van der Waals surface area contributed by atoms with Crippen molar-refractivity contribution in [3.63, 3.8) is 0 Å². The van der Waals surface area contributed by atoms with E-state index in [1.54, 1.807) is 24.3 Å². The first-order valence-electron chi connectivity index (χ1n) is 4.95. The summed E-state index contributed by atoms with van der Waals surface area (Å²) < 4.78 is 0. The van der Waals surface area contributed by atoms with Crippen molar-refractivity contribution in [3.05, 3.63) is 42.0 Å². The molecule has 0 radical (unpaired) electrons. The van der Waals surface area contributed by atoms with E-state index in [1.807, 2.05) is 0 Å². The van der Waals surface area contributed by atoms with Gasteiger partial charge in [0.05, 0.1) is 12.1 Å². The number of imide groups is 1. The Labute approximate surface area is 109 Å². The first kappa shape index (κ1) is 13.9. The summed E-state index contributed by atoms with van der Waals surface area (Å²) in [6.45, 7) is 0. The van der Waals surface area contributed by atoms with Crippen molar-refractivity contribution in [1.82, 2.24) is 0 Å². The number of halogens is 1. The molecule has 18 heavy (non-hydrogen) atoms. The Morgan fingerprint density at radius 1 is 1.06 bits per heavy atom. The number of aliphatic carboxylic acids is 1. The molecule has 6 heteroatoms. The number of rotatable bonds is 3. The summed E-state index contributed by atoms with van der Waals surface area (Å²) in [7, 11) is 0. The van der Waals surface area contributed by atoms with Crippen LogP contribution < -0.4 is 4.90 Å². The summed E-state index contributed by atoms with van der Waals surface area (Å²) in [5.74, 6) is -1.70. The molecule has 1 aliphatic heterocycles. The molecule has 1 N–H and O–H groups in total. The molecule has 1 aromatic rings. The zero-order valence-corrected chi connectivity index (χ0v) is 10.0. The number of carbonyl (C=O) groups excluding carboxylic acids is 2. The third kappa shape index (κ3) is 2.75. The highest BCUT2D eigenvalue weighted by molar-refractivity contribution is 6.28. The summed E-state index contributed by atoms with van der Waals surface area (Å²) in [5, 5.41) is 8.60. The standard InChI is InChI=1S/C12H9NO4.ClH/c14-10-5-6-11(15)13(10)9-3-1-8(2-4-9)7-12(16)17;/h1-6H,7H2,(H,16,17);1H. The number of benzene rings is 1. The minimum Gasteiger partial charge on any atom is -0.481 e. The zero-order chi connectivity index (χ0) is 12.4. The maximum Gasteiger partial charge on any atom is 0.307 e. The molecule has 0 spiro atoms. The number of hydrogen-bond donors (Lipinski definition) is 1. The first-order valence-corrected chi connectivity index (χ1v) is 4.95. The van der Waals surface area contributed by atoms with Gasteiger partial charge in [-0.2, -0.15) is 0 Å². The average molecular weight is 268 g/mol. The first-order chi connectivity index (χ1) is 8.08. The zero-order valence-electron chi connectivity index (χ0n) is 9.20. The lowest BCUT2D eigenvalue weighted by molar-refractivity contribution is -0.136. The number of carbonyl (C=O) groups is 3. The van der Waals surface area contributed by atoms with Gasteiger partial charge in [-0.25, -0.2) is 4.90 Å². The fourth-order valence-corrected chi connectivity index (χ4v) is 1.59. The Morgan fingerprint density at radius 2 is 1.56 bits per heavy atom. The molecule has 0 saturated carbocycles. The number of carboxylic acids is 1. The summed E-state index contributed by atoms with van der Waals surface area (Å²) in [6, 6.07) is 6.28. The van der Waals surface area contributed by atoms with Crippen LogP contribution in [0.3, 0.4) is 0 Å². The van der Waals surface area contributed by atoms with Gasteiger partial charge < -0.3 is 5.11 Å². The van der Waals surface area contributed by atoms with E-state index in [4.69, 9.17) is 5.11 Å². The Balaban J connectivity index is 0.00000162. The molecule has 0 unspecified atom stereocenters. The van der Waals surface area contributed by atoms with E-state index in [2.05, 4.69) is 0 Å². The van der Waals surface area contributed by atoms with Gasteiger partial charge in [0, 0.05) is 12.2 Å². The van der Waals surface area contributed by atoms with Crippen LogP contribution in [0.2, 0.25) is 0 Å². The van der Waals surface area contributed by atoms with Gasteiger partial charge in [-0.05, 0) is 17.7 Å². The number of anilines is 1. The normalized spacial score (nSPS) is 13.7. The third-order valence-corrected chi connectivity index (χ3v) is 2.36. The minimum atomic E-state index is -0.923. The molecule has 1 aliphatic rings. The van der Waals surface area contributed by atoms with E-state index in [9.17, 15) is 14.4 Å². The van der Waals surface area contributed by atoms with Gasteiger partial charge >= 0.3 is 5.97 Å². The van der Waals surface area contributed by atoms with Crippen LogP contribution in [0.15, 0.2) is 36.4 Å². The van der Waals surface area contributed by atoms with Crippen LogP contribution in [0, 0.1) is 0 Å². The van der Waals surface area contributed by atoms with E-state index in [0.717, 1.165) is 4.90 Å². The van der Waals surface area contributed by atoms with Crippen molar-refractivity contribution < 1.29 is 19.5 Å². The second-order valence-corrected chi connectivity index (χ2v) is 3.58. The second-order valence-electron chi connectivity index (χ2n) is 3.58. The van der Waals surface area contributed by atoms with Crippen molar-refractivity contribution >= 4 is 35.9 Å². The largest absolute Gasteiger partial charge is 0.481 e. The highest BCUT2D eigenvalue weighted by Crippen LogP contribution is 2.19. The van der Waals surface area contributed by atoms with Gasteiger partial charge in [-0.1, -0.05) is 12.1 Å². The van der Waals surface area contributed by atoms with Crippen LogP contribution in [-0.4, -0.2) is 22.9 Å². The van der Waals surface area contributed by atoms with Gasteiger partial charge in [0.2, 0.25) is 0 Å². The number of carboxylic acid groups (broad SMARTS) is 1. The highest BCUT2D eigenvalue weighted by Gasteiger charge is 2.24. The van der Waals surface area contributed by atoms with Gasteiger partial charge in [-0.3, -0.25) is 14.4 Å². The van der Waals surface area contributed by atoms with Crippen molar-refractivity contribution in [3.8, 4) is 0 Å². The molecule has 0 atom stereocenters. The molecule has 0 aromatic heterocycles. The monoisotopic (exact) mass is 267 g/mol. The summed E-state index contributed by atoms with van der Waals surface area (Å²) in [6.07, 6.45) is 2.32. The quantitative estimate of drug-likeness (QED) is 0.834. The lowest BCUT2D eigenvalue weighted by atomic mass is 10.1. The molecule has 2 rings (SSSR count). The summed E-state index contributed by atoms with van der Waals surface area (Å²) in [4.78, 5) is 34.3. The molecule has 0 aliphatic carbocycles. The molecule has 0 saturated heterocycles. The second kappa shape index (κ2) is 5.46. The number of amides is 2. The fourth-order valence-electron chi connectivity index (χ4n) is 1.59. The highest BCUT2D eigenvalue weighted by atomic mass is 35.5. The predicted octanol–water partition coefficient (Wildman–Crippen LogP) is 1.16. The molecule has 0 bridgehead atoms. The molecule has 1 aromatic carbocycles. The van der Waals surface area contributed by atoms with Crippen LogP contribution in [0.5, 0.6) is 0 Å². The average Bonchev–Trinajstić information content (AvgIpc) is 2.59. The summed E-state index contributed by atoms with van der Waals surface area (Å²) >= 11 is 0. The smallest absolute Gasteiger partial charge is 0.307 e. The molecule has 94 valence electrons. The van der Waals surface area contributed by atoms with E-state index in [1.165, 1.54) is 12.2 Å². The fraction of sp³-hybridized carbons (Fsp3) is 0.0833. The maximum atomic E-state index is 11.4. The Bertz CT molecular complexity index is 503. The minimum absolute atomic E-state index is 0. The van der Waals surface area contributed by atoms with Crippen LogP contribution in [0.4, 0.5) is 5.69 Å². The van der Waals surface area contributed by atoms with Gasteiger partial charge in [0.25, 0.3) is 11.8 Å². The summed E-state index contributed by atoms with van der Waals surface area (Å²) in [5.41, 5.74) is 1.06. The molecule has 1 heterocycles. The van der Waals surface area contributed by atoms with Gasteiger partial charge in [-0.15, -0.1) is 12.4 Å². The van der Waals surface area contributed by atoms with E-state index in [0.29, 0.717) is 11.3 Å². The lowest BCUT2D eigenvalue weighted by Gasteiger charge is -2.13. The number of nitrogens with zero attached hydrogens (tertiary/aromatic N) is 1. The van der Waals surface area contributed by atoms with Gasteiger partial charge in [0.15, 0.2) is 0 Å². The molecule has 5 nitrogen and oxygen atoms in total. The van der Waals surface area contributed by atoms with E-state index in [-0.39, 0.29) is 30.6 Å².